The van der Waals surface area contributed by atoms with Crippen molar-refractivity contribution < 1.29 is 22.7 Å². The van der Waals surface area contributed by atoms with E-state index in [-0.39, 0.29) is 13.3 Å². The van der Waals surface area contributed by atoms with Gasteiger partial charge in [0.25, 0.3) is 0 Å². The van der Waals surface area contributed by atoms with E-state index in [0.29, 0.717) is 17.1 Å². The molecular formula is C26H22F3N5O2. The molecule has 5 rings (SSSR count). The molecule has 0 spiro atoms. The van der Waals surface area contributed by atoms with Gasteiger partial charge < -0.3 is 4.74 Å². The van der Waals surface area contributed by atoms with Gasteiger partial charge in [-0.3, -0.25) is 9.99 Å². The molecule has 0 aliphatic carbocycles. The summed E-state index contributed by atoms with van der Waals surface area (Å²) in [5.74, 6) is 1.13. The van der Waals surface area contributed by atoms with Crippen molar-refractivity contribution >= 4 is 23.2 Å². The minimum atomic E-state index is -4.49. The second-order valence-electron chi connectivity index (χ2n) is 8.30. The van der Waals surface area contributed by atoms with Crippen LogP contribution in [-0.4, -0.2) is 41.1 Å². The van der Waals surface area contributed by atoms with Crippen molar-refractivity contribution in [3.05, 3.63) is 94.8 Å². The molecule has 1 aromatic heterocycles. The first kappa shape index (κ1) is 23.6. The van der Waals surface area contributed by atoms with Gasteiger partial charge in [-0.05, 0) is 41.8 Å². The van der Waals surface area contributed by atoms with Crippen LogP contribution in [0.15, 0.2) is 77.1 Å². The third-order valence-corrected chi connectivity index (χ3v) is 5.73. The van der Waals surface area contributed by atoms with Crippen LogP contribution in [0.3, 0.4) is 0 Å². The number of halogens is 3. The van der Waals surface area contributed by atoms with E-state index in [0.717, 1.165) is 33.9 Å². The molecule has 2 aromatic carbocycles. The van der Waals surface area contributed by atoms with Crippen LogP contribution in [-0.2, 0) is 17.6 Å². The van der Waals surface area contributed by atoms with Crippen LogP contribution in [0.25, 0.3) is 11.1 Å². The molecular weight excluding hydrogens is 471 g/mol. The van der Waals surface area contributed by atoms with E-state index in [1.54, 1.807) is 18.3 Å². The van der Waals surface area contributed by atoms with Crippen molar-refractivity contribution in [1.29, 1.82) is 0 Å². The van der Waals surface area contributed by atoms with Crippen molar-refractivity contribution in [2.75, 3.05) is 13.8 Å². The number of rotatable bonds is 5. The van der Waals surface area contributed by atoms with Gasteiger partial charge in [0.1, 0.15) is 11.4 Å². The monoisotopic (exact) mass is 493 g/mol. The molecule has 10 heteroatoms. The number of benzene rings is 2. The lowest BCUT2D eigenvalue weighted by atomic mass is 9.93. The second kappa shape index (κ2) is 9.46. The summed E-state index contributed by atoms with van der Waals surface area (Å²) in [5, 5.41) is 12.2. The highest BCUT2D eigenvalue weighted by Crippen LogP contribution is 2.34. The van der Waals surface area contributed by atoms with Gasteiger partial charge in [0.15, 0.2) is 6.73 Å². The lowest BCUT2D eigenvalue weighted by Crippen LogP contribution is -2.41. The Labute approximate surface area is 205 Å². The fourth-order valence-corrected chi connectivity index (χ4v) is 3.91. The maximum Gasteiger partial charge on any atom is 0.433 e. The predicted molar refractivity (Wildman–Crippen MR) is 129 cm³/mol. The molecule has 0 amide bonds. The molecule has 0 bridgehead atoms. The molecule has 0 saturated carbocycles. The molecule has 2 aliphatic heterocycles. The number of fused-ring (bicyclic) bond motifs is 1. The maximum atomic E-state index is 12.9. The van der Waals surface area contributed by atoms with Crippen LogP contribution in [0.5, 0.6) is 5.75 Å². The first-order valence-corrected chi connectivity index (χ1v) is 11.1. The number of amidine groups is 1. The van der Waals surface area contributed by atoms with Gasteiger partial charge in [-0.2, -0.15) is 23.4 Å². The Morgan fingerprint density at radius 1 is 1.03 bits per heavy atom. The van der Waals surface area contributed by atoms with E-state index in [2.05, 4.69) is 10.1 Å². The van der Waals surface area contributed by atoms with E-state index in [1.807, 2.05) is 55.5 Å². The number of hydrogen-bond donors (Lipinski definition) is 0. The molecule has 7 nitrogen and oxygen atoms in total. The predicted octanol–water partition coefficient (Wildman–Crippen LogP) is 5.35. The number of ether oxygens (including phenoxy) is 1. The Kier molecular flexibility index (Phi) is 6.19. The van der Waals surface area contributed by atoms with Crippen LogP contribution in [0.4, 0.5) is 13.2 Å². The van der Waals surface area contributed by atoms with Gasteiger partial charge in [-0.25, -0.2) is 4.84 Å². The normalized spacial score (nSPS) is 15.6. The van der Waals surface area contributed by atoms with Gasteiger partial charge in [0.05, 0.1) is 19.9 Å². The summed E-state index contributed by atoms with van der Waals surface area (Å²) in [6, 6.07) is 18.0. The molecule has 2 aliphatic rings. The van der Waals surface area contributed by atoms with Crippen molar-refractivity contribution in [2.24, 2.45) is 10.2 Å². The van der Waals surface area contributed by atoms with Crippen molar-refractivity contribution in [3.63, 3.8) is 0 Å². The molecule has 0 N–H and O–H groups in total. The molecule has 184 valence electrons. The minimum absolute atomic E-state index is 0.0626. The number of hydrogen-bond acceptors (Lipinski definition) is 7. The third-order valence-electron chi connectivity index (χ3n) is 5.73. The topological polar surface area (TPSA) is 62.6 Å². The lowest BCUT2D eigenvalue weighted by molar-refractivity contribution is -0.159. The summed E-state index contributed by atoms with van der Waals surface area (Å²) in [4.78, 5) is 9.36. The summed E-state index contributed by atoms with van der Waals surface area (Å²) in [5.41, 5.74) is 4.19. The number of pyridine rings is 1. The number of hydroxylamine groups is 1. The molecule has 0 atom stereocenters. The van der Waals surface area contributed by atoms with Crippen molar-refractivity contribution in [1.82, 2.24) is 15.2 Å². The van der Waals surface area contributed by atoms with Crippen LogP contribution in [0.2, 0.25) is 0 Å². The molecule has 0 radical (unpaired) electrons. The molecule has 0 unspecified atom stereocenters. The number of hydrazone groups is 2. The second-order valence-corrected chi connectivity index (χ2v) is 8.30. The first-order chi connectivity index (χ1) is 17.3. The van der Waals surface area contributed by atoms with E-state index >= 15 is 0 Å². The quantitative estimate of drug-likeness (QED) is 0.480. The minimum Gasteiger partial charge on any atom is -0.497 e. The zero-order valence-electron chi connectivity index (χ0n) is 19.5. The molecule has 0 fully saturated rings. The maximum absolute atomic E-state index is 12.9. The molecule has 0 saturated heterocycles. The Balaban J connectivity index is 1.55. The SMILES string of the molecule is COc1cccc(C2=C(c3ccc(C)cc3)C=NN3OCN(Cc4ccc(C(F)(F)F)nc4)N=C23)c1. The average molecular weight is 493 g/mol. The third kappa shape index (κ3) is 4.80. The first-order valence-electron chi connectivity index (χ1n) is 11.1. The number of aryl methyl sites for hydroxylation is 1. The van der Waals surface area contributed by atoms with Crippen LogP contribution < -0.4 is 4.74 Å². The van der Waals surface area contributed by atoms with Crippen molar-refractivity contribution in [2.45, 2.75) is 19.6 Å². The zero-order chi connectivity index (χ0) is 25.3. The van der Waals surface area contributed by atoms with Gasteiger partial charge in [-0.1, -0.05) is 48.0 Å². The average Bonchev–Trinajstić information content (AvgIpc) is 2.88. The number of nitrogens with zero attached hydrogens (tertiary/aromatic N) is 5. The van der Waals surface area contributed by atoms with Crippen LogP contribution >= 0.6 is 0 Å². The summed E-state index contributed by atoms with van der Waals surface area (Å²) in [6.45, 7) is 2.29. The smallest absolute Gasteiger partial charge is 0.433 e. The highest BCUT2D eigenvalue weighted by Gasteiger charge is 2.33. The van der Waals surface area contributed by atoms with Gasteiger partial charge >= 0.3 is 6.18 Å². The molecule has 36 heavy (non-hydrogen) atoms. The van der Waals surface area contributed by atoms with Gasteiger partial charge in [0.2, 0.25) is 5.84 Å². The summed E-state index contributed by atoms with van der Waals surface area (Å²) in [7, 11) is 1.60. The Morgan fingerprint density at radius 3 is 2.53 bits per heavy atom. The Bertz CT molecular complexity index is 1350. The number of aromatic nitrogens is 1. The number of methoxy groups -OCH3 is 1. The standard InChI is InChI=1S/C26H22F3N5O2/c1-17-6-9-19(10-7-17)22-14-31-34-25(24(22)20-4-3-5-21(12-20)35-2)32-33(16-36-34)15-18-8-11-23(30-13-18)26(27,28)29/h3-14H,15-16H2,1-2H3. The lowest BCUT2D eigenvalue weighted by Gasteiger charge is -2.34. The largest absolute Gasteiger partial charge is 0.497 e. The van der Waals surface area contributed by atoms with Gasteiger partial charge in [-0.15, -0.1) is 5.17 Å². The fraction of sp³-hybridized carbons (Fsp3) is 0.192. The highest BCUT2D eigenvalue weighted by molar-refractivity contribution is 6.39. The van der Waals surface area contributed by atoms with E-state index < -0.39 is 11.9 Å². The van der Waals surface area contributed by atoms with Gasteiger partial charge in [0, 0.05) is 17.3 Å². The Morgan fingerprint density at radius 2 is 1.83 bits per heavy atom. The molecule has 3 heterocycles. The number of alkyl halides is 3. The van der Waals surface area contributed by atoms with Crippen molar-refractivity contribution in [3.8, 4) is 5.75 Å². The summed E-state index contributed by atoms with van der Waals surface area (Å²) in [6.07, 6.45) is -1.56. The number of allylic oxidation sites excluding steroid dienone is 1. The highest BCUT2D eigenvalue weighted by atomic mass is 19.4. The Hall–Kier alpha value is -4.18. The van der Waals surface area contributed by atoms with Crippen LogP contribution in [0, 0.1) is 6.92 Å². The zero-order valence-corrected chi connectivity index (χ0v) is 19.5. The molecule has 3 aromatic rings. The van der Waals surface area contributed by atoms with Crippen LogP contribution in [0.1, 0.15) is 27.9 Å². The fourth-order valence-electron chi connectivity index (χ4n) is 3.91. The summed E-state index contributed by atoms with van der Waals surface area (Å²) >= 11 is 0. The van der Waals surface area contributed by atoms with E-state index in [4.69, 9.17) is 14.7 Å². The van der Waals surface area contributed by atoms with E-state index in [1.165, 1.54) is 17.4 Å². The van der Waals surface area contributed by atoms with E-state index in [9.17, 15) is 13.2 Å². The summed E-state index contributed by atoms with van der Waals surface area (Å²) < 4.78 is 44.1.